The van der Waals surface area contributed by atoms with Gasteiger partial charge in [0.2, 0.25) is 18.2 Å². The largest absolute Gasteiger partial charge is 0.483 e. The second-order valence-electron chi connectivity index (χ2n) is 6.78. The van der Waals surface area contributed by atoms with Crippen LogP contribution in [0.2, 0.25) is 0 Å². The van der Waals surface area contributed by atoms with Crippen molar-refractivity contribution in [3.05, 3.63) is 35.9 Å². The molecule has 0 aliphatic heterocycles. The molecule has 4 amide bonds. The van der Waals surface area contributed by atoms with E-state index in [4.69, 9.17) is 19.4 Å². The highest BCUT2D eigenvalue weighted by atomic mass is 16.6. The average Bonchev–Trinajstić information content (AvgIpc) is 2.67. The Bertz CT molecular complexity index is 655. The Morgan fingerprint density at radius 2 is 1.52 bits per heavy atom. The second kappa shape index (κ2) is 18.4. The van der Waals surface area contributed by atoms with Gasteiger partial charge in [-0.25, -0.2) is 4.79 Å². The van der Waals surface area contributed by atoms with Crippen molar-refractivity contribution >= 4 is 30.8 Å². The molecule has 0 saturated carbocycles. The number of primary amides is 1. The molecule has 0 spiro atoms. The van der Waals surface area contributed by atoms with Crippen LogP contribution in [0.25, 0.3) is 0 Å². The Hall–Kier alpha value is -3.63. The van der Waals surface area contributed by atoms with Crippen molar-refractivity contribution < 1.29 is 33.8 Å². The van der Waals surface area contributed by atoms with Gasteiger partial charge in [-0.05, 0) is 32.8 Å². The molecule has 0 fully saturated rings. The first-order valence-electron chi connectivity index (χ1n) is 9.37. The van der Waals surface area contributed by atoms with E-state index in [2.05, 4.69) is 21.7 Å². The lowest BCUT2D eigenvalue weighted by Crippen LogP contribution is -2.40. The van der Waals surface area contributed by atoms with Gasteiger partial charge >= 0.3 is 6.09 Å². The van der Waals surface area contributed by atoms with Gasteiger partial charge < -0.3 is 31.5 Å². The Labute approximate surface area is 181 Å². The number of amides is 4. The molecule has 11 heteroatoms. The number of nitrogens with one attached hydrogen (secondary N) is 3. The quantitative estimate of drug-likeness (QED) is 0.358. The Morgan fingerprint density at radius 1 is 1.00 bits per heavy atom. The predicted molar refractivity (Wildman–Crippen MR) is 114 cm³/mol. The summed E-state index contributed by atoms with van der Waals surface area (Å²) in [5.74, 6) is -0.501. The minimum Gasteiger partial charge on any atom is -0.483 e. The van der Waals surface area contributed by atoms with Gasteiger partial charge in [-0.3, -0.25) is 19.2 Å². The van der Waals surface area contributed by atoms with Crippen LogP contribution in [-0.4, -0.2) is 61.1 Å². The van der Waals surface area contributed by atoms with E-state index in [-0.39, 0.29) is 44.2 Å². The second-order valence-corrected chi connectivity index (χ2v) is 6.78. The minimum atomic E-state index is -0.652. The summed E-state index contributed by atoms with van der Waals surface area (Å²) in [7, 11) is 0. The summed E-state index contributed by atoms with van der Waals surface area (Å²) in [6.07, 6.45) is 0.549. The number of benzene rings is 1. The molecular formula is C20H32N4O7. The smallest absolute Gasteiger partial charge is 0.408 e. The van der Waals surface area contributed by atoms with E-state index in [0.717, 1.165) is 12.0 Å². The van der Waals surface area contributed by atoms with Crippen molar-refractivity contribution in [3.8, 4) is 0 Å². The fourth-order valence-corrected chi connectivity index (χ4v) is 1.92. The average molecular weight is 440 g/mol. The SMILES string of the molecule is CC(C)(C)OC(=O)NCC(=O)NCCC(=O)NCCc1ccccc1.NC=O.O=CO. The zero-order valence-electron chi connectivity index (χ0n) is 18.1. The van der Waals surface area contributed by atoms with E-state index in [1.165, 1.54) is 0 Å². The molecule has 1 aromatic rings. The lowest BCUT2D eigenvalue weighted by atomic mass is 10.1. The van der Waals surface area contributed by atoms with Gasteiger partial charge in [0.25, 0.3) is 6.47 Å². The number of carbonyl (C=O) groups is 5. The van der Waals surface area contributed by atoms with Crippen LogP contribution in [0.15, 0.2) is 30.3 Å². The molecule has 0 heterocycles. The third kappa shape index (κ3) is 22.5. The van der Waals surface area contributed by atoms with Gasteiger partial charge in [0, 0.05) is 19.5 Å². The monoisotopic (exact) mass is 440 g/mol. The summed E-state index contributed by atoms with van der Waals surface area (Å²) in [5, 5.41) is 14.6. The van der Waals surface area contributed by atoms with Gasteiger partial charge in [0.15, 0.2) is 0 Å². The van der Waals surface area contributed by atoms with Crippen LogP contribution >= 0.6 is 0 Å². The normalized spacial score (nSPS) is 9.39. The lowest BCUT2D eigenvalue weighted by molar-refractivity contribution is -0.123. The molecule has 0 aliphatic carbocycles. The molecule has 0 atom stereocenters. The third-order valence-corrected chi connectivity index (χ3v) is 3.05. The molecule has 11 nitrogen and oxygen atoms in total. The minimum absolute atomic E-state index is 0.128. The van der Waals surface area contributed by atoms with E-state index in [1.807, 2.05) is 30.3 Å². The van der Waals surface area contributed by atoms with Crippen LogP contribution in [0.3, 0.4) is 0 Å². The van der Waals surface area contributed by atoms with E-state index < -0.39 is 11.7 Å². The maximum atomic E-state index is 11.7. The predicted octanol–water partition coefficient (Wildman–Crippen LogP) is 0.179. The highest BCUT2D eigenvalue weighted by Crippen LogP contribution is 2.06. The van der Waals surface area contributed by atoms with E-state index in [1.54, 1.807) is 20.8 Å². The van der Waals surface area contributed by atoms with Crippen LogP contribution in [-0.2, 0) is 30.3 Å². The fraction of sp³-hybridized carbons (Fsp3) is 0.450. The maximum absolute atomic E-state index is 11.7. The van der Waals surface area contributed by atoms with Crippen LogP contribution in [0.4, 0.5) is 4.79 Å². The van der Waals surface area contributed by atoms with Crippen LogP contribution in [0.1, 0.15) is 32.8 Å². The number of carbonyl (C=O) groups excluding carboxylic acids is 4. The number of rotatable bonds is 8. The topological polar surface area (TPSA) is 177 Å². The Morgan fingerprint density at radius 3 is 2.03 bits per heavy atom. The van der Waals surface area contributed by atoms with Gasteiger partial charge in [-0.15, -0.1) is 0 Å². The summed E-state index contributed by atoms with van der Waals surface area (Å²) < 4.78 is 5.02. The number of ether oxygens (including phenoxy) is 1. The first-order valence-corrected chi connectivity index (χ1v) is 9.37. The van der Waals surface area contributed by atoms with Crippen molar-refractivity contribution in [2.24, 2.45) is 5.73 Å². The summed E-state index contributed by atoms with van der Waals surface area (Å²) in [6, 6.07) is 9.87. The fourth-order valence-electron chi connectivity index (χ4n) is 1.92. The van der Waals surface area contributed by atoms with Gasteiger partial charge in [0.05, 0.1) is 6.54 Å². The van der Waals surface area contributed by atoms with Gasteiger partial charge in [-0.1, -0.05) is 30.3 Å². The standard InChI is InChI=1S/C18H27N3O4.CH3NO.CH2O2/c1-18(2,3)25-17(24)21-13-16(23)20-12-10-15(22)19-11-9-14-7-5-4-6-8-14;2*2-1-3/h4-8H,9-13H2,1-3H3,(H,19,22)(H,20,23)(H,21,24);1H,(H2,2,3);1H,(H,2,3). The Balaban J connectivity index is 0. The summed E-state index contributed by atoms with van der Waals surface area (Å²) >= 11 is 0. The number of hydrogen-bond acceptors (Lipinski definition) is 6. The van der Waals surface area contributed by atoms with Gasteiger partial charge in [-0.2, -0.15) is 0 Å². The zero-order valence-corrected chi connectivity index (χ0v) is 18.1. The molecule has 0 aliphatic rings. The van der Waals surface area contributed by atoms with E-state index >= 15 is 0 Å². The van der Waals surface area contributed by atoms with Gasteiger partial charge in [0.1, 0.15) is 5.60 Å². The first kappa shape index (κ1) is 29.6. The molecule has 0 aromatic heterocycles. The summed E-state index contributed by atoms with van der Waals surface area (Å²) in [5.41, 5.74) is 4.71. The lowest BCUT2D eigenvalue weighted by Gasteiger charge is -2.19. The summed E-state index contributed by atoms with van der Waals surface area (Å²) in [4.78, 5) is 51.6. The highest BCUT2D eigenvalue weighted by molar-refractivity contribution is 5.83. The first-order chi connectivity index (χ1) is 14.6. The van der Waals surface area contributed by atoms with Crippen molar-refractivity contribution in [2.75, 3.05) is 19.6 Å². The molecule has 0 bridgehead atoms. The van der Waals surface area contributed by atoms with Crippen LogP contribution in [0, 0.1) is 0 Å². The molecule has 6 N–H and O–H groups in total. The number of hydrogen-bond donors (Lipinski definition) is 5. The highest BCUT2D eigenvalue weighted by Gasteiger charge is 2.16. The number of alkyl carbamates (subject to hydrolysis) is 1. The molecular weight excluding hydrogens is 408 g/mol. The summed E-state index contributed by atoms with van der Waals surface area (Å²) in [6.45, 7) is 5.54. The molecule has 1 rings (SSSR count). The maximum Gasteiger partial charge on any atom is 0.408 e. The molecule has 0 unspecified atom stereocenters. The van der Waals surface area contributed by atoms with E-state index in [9.17, 15) is 14.4 Å². The third-order valence-electron chi connectivity index (χ3n) is 3.05. The van der Waals surface area contributed by atoms with Crippen molar-refractivity contribution in [2.45, 2.75) is 39.2 Å². The molecule has 174 valence electrons. The van der Waals surface area contributed by atoms with Crippen molar-refractivity contribution in [1.82, 2.24) is 16.0 Å². The van der Waals surface area contributed by atoms with Crippen LogP contribution < -0.4 is 21.7 Å². The number of carboxylic acid groups (broad SMARTS) is 1. The number of nitrogens with two attached hydrogens (primary N) is 1. The molecule has 1 aromatic carbocycles. The van der Waals surface area contributed by atoms with E-state index in [0.29, 0.717) is 6.54 Å². The van der Waals surface area contributed by atoms with Crippen LogP contribution in [0.5, 0.6) is 0 Å². The Kier molecular flexibility index (Phi) is 17.6. The molecule has 0 radical (unpaired) electrons. The molecule has 0 saturated heterocycles. The van der Waals surface area contributed by atoms with Crippen molar-refractivity contribution in [3.63, 3.8) is 0 Å². The molecule has 31 heavy (non-hydrogen) atoms. The van der Waals surface area contributed by atoms with Crippen molar-refractivity contribution in [1.29, 1.82) is 0 Å². The zero-order chi connectivity index (χ0) is 24.1.